The van der Waals surface area contributed by atoms with Gasteiger partial charge in [-0.2, -0.15) is 0 Å². The molecular formula is C28H33N5O3. The molecule has 1 unspecified atom stereocenters. The van der Waals surface area contributed by atoms with Gasteiger partial charge in [-0.3, -0.25) is 4.79 Å². The summed E-state index contributed by atoms with van der Waals surface area (Å²) in [5.41, 5.74) is 4.71. The lowest BCUT2D eigenvalue weighted by Gasteiger charge is -2.17. The average Bonchev–Trinajstić information content (AvgIpc) is 3.56. The normalized spacial score (nSPS) is 17.4. The van der Waals surface area contributed by atoms with Gasteiger partial charge in [-0.05, 0) is 73.1 Å². The molecule has 2 aromatic carbocycles. The molecule has 2 amide bonds. The van der Waals surface area contributed by atoms with E-state index >= 15 is 0 Å². The third-order valence-electron chi connectivity index (χ3n) is 6.63. The first-order valence-electron chi connectivity index (χ1n) is 12.7. The van der Waals surface area contributed by atoms with Crippen LogP contribution in [0, 0.1) is 12.8 Å². The number of benzene rings is 2. The first-order chi connectivity index (χ1) is 17.4. The van der Waals surface area contributed by atoms with Crippen molar-refractivity contribution in [2.75, 3.05) is 24.6 Å². The number of aromatic nitrogens is 2. The van der Waals surface area contributed by atoms with Crippen LogP contribution in [0.5, 0.6) is 0 Å². The Morgan fingerprint density at radius 2 is 1.92 bits per heavy atom. The number of fused-ring (bicyclic) bond motifs is 1. The number of nitrogens with one attached hydrogen (secondary N) is 2. The molecule has 3 aromatic rings. The number of aryl methyl sites for hydroxylation is 1. The summed E-state index contributed by atoms with van der Waals surface area (Å²) in [4.78, 5) is 36.0. The fourth-order valence-corrected chi connectivity index (χ4v) is 4.42. The van der Waals surface area contributed by atoms with Crippen LogP contribution in [0.4, 0.5) is 10.7 Å². The smallest absolute Gasteiger partial charge is 0.407 e. The Morgan fingerprint density at radius 3 is 2.69 bits per heavy atom. The molecule has 0 radical (unpaired) electrons. The monoisotopic (exact) mass is 487 g/mol. The lowest BCUT2D eigenvalue weighted by Crippen LogP contribution is -2.38. The van der Waals surface area contributed by atoms with Crippen molar-refractivity contribution in [3.8, 4) is 11.1 Å². The minimum Gasteiger partial charge on any atom is -0.449 e. The summed E-state index contributed by atoms with van der Waals surface area (Å²) in [5.74, 6) is 0.950. The van der Waals surface area contributed by atoms with E-state index in [9.17, 15) is 9.59 Å². The second-order valence-electron chi connectivity index (χ2n) is 10.3. The van der Waals surface area contributed by atoms with E-state index in [-0.39, 0.29) is 18.0 Å². The number of carbonyl (C=O) groups excluding carboxylic acids is 2. The molecule has 2 fully saturated rings. The van der Waals surface area contributed by atoms with Gasteiger partial charge >= 0.3 is 6.09 Å². The van der Waals surface area contributed by atoms with Crippen molar-refractivity contribution in [2.24, 2.45) is 5.92 Å². The number of rotatable bonds is 7. The summed E-state index contributed by atoms with van der Waals surface area (Å²) in [5, 5.41) is 6.94. The number of nitrogens with zero attached hydrogens (tertiary/aromatic N) is 3. The van der Waals surface area contributed by atoms with Crippen molar-refractivity contribution in [3.63, 3.8) is 0 Å². The van der Waals surface area contributed by atoms with Gasteiger partial charge in [0.25, 0.3) is 5.91 Å². The third kappa shape index (κ3) is 5.58. The van der Waals surface area contributed by atoms with E-state index in [4.69, 9.17) is 9.72 Å². The van der Waals surface area contributed by atoms with Crippen molar-refractivity contribution in [3.05, 3.63) is 53.7 Å². The number of amides is 2. The van der Waals surface area contributed by atoms with Crippen LogP contribution in [0.1, 0.15) is 49.0 Å². The van der Waals surface area contributed by atoms with Gasteiger partial charge in [0.15, 0.2) is 0 Å². The topological polar surface area (TPSA) is 96.5 Å². The SMILES string of the molecule is Cc1ccc(C(=O)NC2CC2)cc1-c1ccc2nc(N3CCC(NC(=O)OCC(C)C)C3)ncc2c1. The van der Waals surface area contributed by atoms with Crippen LogP contribution >= 0.6 is 0 Å². The summed E-state index contributed by atoms with van der Waals surface area (Å²) in [6.45, 7) is 7.91. The van der Waals surface area contributed by atoms with Crippen molar-refractivity contribution < 1.29 is 14.3 Å². The molecule has 1 aliphatic heterocycles. The molecule has 2 heterocycles. The van der Waals surface area contributed by atoms with Crippen LogP contribution in [0.25, 0.3) is 22.0 Å². The maximum absolute atomic E-state index is 12.5. The van der Waals surface area contributed by atoms with E-state index in [1.807, 2.05) is 50.4 Å². The Labute approximate surface area is 211 Å². The predicted molar refractivity (Wildman–Crippen MR) is 140 cm³/mol. The zero-order valence-electron chi connectivity index (χ0n) is 21.1. The molecule has 8 nitrogen and oxygen atoms in total. The molecule has 1 saturated carbocycles. The zero-order chi connectivity index (χ0) is 25.2. The predicted octanol–water partition coefficient (Wildman–Crippen LogP) is 4.46. The Hall–Kier alpha value is -3.68. The molecule has 2 aliphatic rings. The van der Waals surface area contributed by atoms with Crippen LogP contribution in [0.2, 0.25) is 0 Å². The average molecular weight is 488 g/mol. The Morgan fingerprint density at radius 1 is 1.08 bits per heavy atom. The molecule has 2 N–H and O–H groups in total. The number of hydrogen-bond acceptors (Lipinski definition) is 6. The van der Waals surface area contributed by atoms with Crippen molar-refractivity contribution in [1.82, 2.24) is 20.6 Å². The fourth-order valence-electron chi connectivity index (χ4n) is 4.42. The van der Waals surface area contributed by atoms with Gasteiger partial charge in [-0.15, -0.1) is 0 Å². The molecule has 188 valence electrons. The molecule has 1 aliphatic carbocycles. The second kappa shape index (κ2) is 10.1. The van der Waals surface area contributed by atoms with Crippen molar-refractivity contribution in [1.29, 1.82) is 0 Å². The van der Waals surface area contributed by atoms with Crippen LogP contribution in [0.3, 0.4) is 0 Å². The van der Waals surface area contributed by atoms with Crippen molar-refractivity contribution in [2.45, 2.75) is 52.1 Å². The molecular weight excluding hydrogens is 454 g/mol. The van der Waals surface area contributed by atoms with Crippen LogP contribution in [0.15, 0.2) is 42.6 Å². The van der Waals surface area contributed by atoms with E-state index in [0.29, 0.717) is 36.6 Å². The third-order valence-corrected chi connectivity index (χ3v) is 6.63. The van der Waals surface area contributed by atoms with Gasteiger partial charge in [0, 0.05) is 36.3 Å². The summed E-state index contributed by atoms with van der Waals surface area (Å²) < 4.78 is 5.24. The van der Waals surface area contributed by atoms with E-state index in [1.54, 1.807) is 0 Å². The highest BCUT2D eigenvalue weighted by Gasteiger charge is 2.26. The fraction of sp³-hybridized carbons (Fsp3) is 0.429. The maximum atomic E-state index is 12.5. The number of anilines is 1. The standard InChI is InChI=1S/C28H33N5O3/c1-17(2)16-36-28(35)31-23-10-11-33(15-23)27-29-14-21-12-19(6-9-25(21)32-27)24-13-20(5-4-18(24)3)26(34)30-22-7-8-22/h4-6,9,12-14,17,22-23H,7-8,10-11,15-16H2,1-3H3,(H,30,34)(H,31,35). The van der Waals surface area contributed by atoms with Gasteiger partial charge in [-0.25, -0.2) is 14.8 Å². The Kier molecular flexibility index (Phi) is 6.76. The lowest BCUT2D eigenvalue weighted by atomic mass is 9.97. The van der Waals surface area contributed by atoms with E-state index in [0.717, 1.165) is 53.4 Å². The summed E-state index contributed by atoms with van der Waals surface area (Å²) >= 11 is 0. The van der Waals surface area contributed by atoms with Crippen LogP contribution < -0.4 is 15.5 Å². The first-order valence-corrected chi connectivity index (χ1v) is 12.7. The minimum absolute atomic E-state index is 0.0127. The number of alkyl carbamates (subject to hydrolysis) is 1. The first kappa shape index (κ1) is 24.0. The maximum Gasteiger partial charge on any atom is 0.407 e. The Bertz CT molecular complexity index is 1290. The van der Waals surface area contributed by atoms with Crippen LogP contribution in [-0.4, -0.2) is 53.7 Å². The number of carbonyl (C=O) groups is 2. The Balaban J connectivity index is 1.29. The molecule has 5 rings (SSSR count). The molecule has 0 bridgehead atoms. The van der Waals surface area contributed by atoms with Gasteiger partial charge in [0.1, 0.15) is 0 Å². The molecule has 1 saturated heterocycles. The summed E-state index contributed by atoms with van der Waals surface area (Å²) in [6, 6.07) is 12.3. The molecule has 1 atom stereocenters. The van der Waals surface area contributed by atoms with Gasteiger partial charge in [0.2, 0.25) is 5.95 Å². The van der Waals surface area contributed by atoms with E-state index in [1.165, 1.54) is 0 Å². The highest BCUT2D eigenvalue weighted by atomic mass is 16.5. The quantitative estimate of drug-likeness (QED) is 0.511. The lowest BCUT2D eigenvalue weighted by molar-refractivity contribution is 0.0951. The molecule has 0 spiro atoms. The highest BCUT2D eigenvalue weighted by Crippen LogP contribution is 2.29. The second-order valence-corrected chi connectivity index (χ2v) is 10.3. The molecule has 36 heavy (non-hydrogen) atoms. The van der Waals surface area contributed by atoms with Gasteiger partial charge in [0.05, 0.1) is 18.2 Å². The summed E-state index contributed by atoms with van der Waals surface area (Å²) in [7, 11) is 0. The molecule has 1 aromatic heterocycles. The highest BCUT2D eigenvalue weighted by molar-refractivity contribution is 5.96. The minimum atomic E-state index is -0.369. The van der Waals surface area contributed by atoms with E-state index < -0.39 is 0 Å². The van der Waals surface area contributed by atoms with Gasteiger partial charge in [-0.1, -0.05) is 26.0 Å². The number of hydrogen-bond donors (Lipinski definition) is 2. The zero-order valence-corrected chi connectivity index (χ0v) is 21.1. The largest absolute Gasteiger partial charge is 0.449 e. The molecule has 8 heteroatoms. The van der Waals surface area contributed by atoms with E-state index in [2.05, 4.69) is 33.5 Å². The number of ether oxygens (including phenoxy) is 1. The summed E-state index contributed by atoms with van der Waals surface area (Å²) in [6.07, 6.45) is 4.43. The van der Waals surface area contributed by atoms with Crippen molar-refractivity contribution >= 4 is 28.9 Å². The van der Waals surface area contributed by atoms with Gasteiger partial charge < -0.3 is 20.3 Å². The van der Waals surface area contributed by atoms with Crippen LogP contribution in [-0.2, 0) is 4.74 Å².